The molecule has 1 aliphatic heterocycles. The molecule has 0 bridgehead atoms. The van der Waals surface area contributed by atoms with Gasteiger partial charge in [0.2, 0.25) is 0 Å². The number of allylic oxidation sites excluding steroid dienone is 3. The molecule has 1 aliphatic rings. The highest BCUT2D eigenvalue weighted by molar-refractivity contribution is 5.81. The van der Waals surface area contributed by atoms with Crippen molar-refractivity contribution in [2.24, 2.45) is 0 Å². The van der Waals surface area contributed by atoms with Gasteiger partial charge >= 0.3 is 0 Å². The van der Waals surface area contributed by atoms with Crippen LogP contribution in [0.4, 0.5) is 5.69 Å². The van der Waals surface area contributed by atoms with Gasteiger partial charge in [0.1, 0.15) is 5.75 Å². The van der Waals surface area contributed by atoms with Crippen molar-refractivity contribution >= 4 is 11.3 Å². The Hall–Kier alpha value is -2.78. The van der Waals surface area contributed by atoms with Gasteiger partial charge in [-0.2, -0.15) is 0 Å². The van der Waals surface area contributed by atoms with Crippen LogP contribution in [0.5, 0.6) is 5.75 Å². The Morgan fingerprint density at radius 1 is 1.08 bits per heavy atom. The second kappa shape index (κ2) is 7.41. The molecule has 0 aliphatic carbocycles. The summed E-state index contributed by atoms with van der Waals surface area (Å²) < 4.78 is 5.58. The lowest BCUT2D eigenvalue weighted by Gasteiger charge is -2.27. The van der Waals surface area contributed by atoms with Crippen LogP contribution >= 0.6 is 0 Å². The average Bonchev–Trinajstić information content (AvgIpc) is 2.63. The van der Waals surface area contributed by atoms with E-state index in [1.165, 1.54) is 0 Å². The largest absolute Gasteiger partial charge is 0.494 e. The van der Waals surface area contributed by atoms with Crippen molar-refractivity contribution in [2.45, 2.75) is 20.5 Å². The molecule has 3 nitrogen and oxygen atoms in total. The molecule has 2 aromatic rings. The van der Waals surface area contributed by atoms with Crippen molar-refractivity contribution in [1.82, 2.24) is 0 Å². The molecule has 1 N–H and O–H groups in total. The first-order chi connectivity index (χ1) is 12.1. The number of aliphatic hydroxyl groups is 1. The second-order valence-electron chi connectivity index (χ2n) is 6.02. The van der Waals surface area contributed by atoms with E-state index < -0.39 is 0 Å². The Balaban J connectivity index is 1.93. The van der Waals surface area contributed by atoms with Crippen LogP contribution in [0.25, 0.3) is 5.57 Å². The summed E-state index contributed by atoms with van der Waals surface area (Å²) >= 11 is 0. The number of anilines is 1. The van der Waals surface area contributed by atoms with Crippen LogP contribution in [0.2, 0.25) is 0 Å². The van der Waals surface area contributed by atoms with Gasteiger partial charge in [-0.3, -0.25) is 0 Å². The van der Waals surface area contributed by atoms with Gasteiger partial charge in [0.25, 0.3) is 0 Å². The Kier molecular flexibility index (Phi) is 5.05. The molecule has 0 spiro atoms. The number of hydrogen-bond donors (Lipinski definition) is 1. The van der Waals surface area contributed by atoms with E-state index in [-0.39, 0.29) is 6.61 Å². The zero-order chi connectivity index (χ0) is 17.8. The Morgan fingerprint density at radius 3 is 2.48 bits per heavy atom. The lowest BCUT2D eigenvalue weighted by Crippen LogP contribution is -2.17. The maximum Gasteiger partial charge on any atom is 0.119 e. The Bertz CT molecular complexity index is 832. The minimum absolute atomic E-state index is 0.0590. The summed E-state index contributed by atoms with van der Waals surface area (Å²) in [5, 5.41) is 9.20. The first kappa shape index (κ1) is 17.1. The normalized spacial score (nSPS) is 13.8. The predicted molar refractivity (Wildman–Crippen MR) is 103 cm³/mol. The summed E-state index contributed by atoms with van der Waals surface area (Å²) in [7, 11) is 0. The zero-order valence-electron chi connectivity index (χ0n) is 14.7. The molecule has 25 heavy (non-hydrogen) atoms. The summed E-state index contributed by atoms with van der Waals surface area (Å²) in [6.07, 6.45) is 6.18. The van der Waals surface area contributed by atoms with Gasteiger partial charge in [-0.25, -0.2) is 0 Å². The van der Waals surface area contributed by atoms with Crippen LogP contribution in [-0.2, 0) is 6.61 Å². The van der Waals surface area contributed by atoms with E-state index in [9.17, 15) is 5.11 Å². The molecule has 0 aromatic heterocycles. The fourth-order valence-electron chi connectivity index (χ4n) is 2.88. The summed E-state index contributed by atoms with van der Waals surface area (Å²) in [6.45, 7) is 8.94. The molecule has 0 saturated carbocycles. The van der Waals surface area contributed by atoms with E-state index >= 15 is 0 Å². The summed E-state index contributed by atoms with van der Waals surface area (Å²) in [6, 6.07) is 14.0. The molecule has 0 unspecified atom stereocenters. The summed E-state index contributed by atoms with van der Waals surface area (Å²) in [4.78, 5) is 2.10. The summed E-state index contributed by atoms with van der Waals surface area (Å²) in [5.41, 5.74) is 6.26. The van der Waals surface area contributed by atoms with Gasteiger partial charge in [-0.15, -0.1) is 0 Å². The number of aryl methyl sites for hydroxylation is 1. The van der Waals surface area contributed by atoms with Crippen LogP contribution in [0.15, 0.2) is 73.1 Å². The maximum atomic E-state index is 9.20. The van der Waals surface area contributed by atoms with Crippen LogP contribution in [0.1, 0.15) is 23.6 Å². The van der Waals surface area contributed by atoms with E-state index in [1.807, 2.05) is 49.4 Å². The number of ether oxygens (including phenoxy) is 1. The third-order valence-corrected chi connectivity index (χ3v) is 4.24. The van der Waals surface area contributed by atoms with E-state index in [1.54, 1.807) is 0 Å². The van der Waals surface area contributed by atoms with Crippen LogP contribution < -0.4 is 9.64 Å². The maximum absolute atomic E-state index is 9.20. The topological polar surface area (TPSA) is 32.7 Å². The highest BCUT2D eigenvalue weighted by atomic mass is 16.5. The molecular weight excluding hydrogens is 310 g/mol. The van der Waals surface area contributed by atoms with Crippen LogP contribution in [-0.4, -0.2) is 11.7 Å². The Labute approximate surface area is 149 Å². The molecule has 0 saturated heterocycles. The fourth-order valence-corrected chi connectivity index (χ4v) is 2.88. The van der Waals surface area contributed by atoms with Crippen molar-refractivity contribution in [3.05, 3.63) is 89.8 Å². The van der Waals surface area contributed by atoms with Crippen molar-refractivity contribution in [3.8, 4) is 5.75 Å². The number of nitrogens with zero attached hydrogens (tertiary/aromatic N) is 1. The molecule has 1 heterocycles. The standard InChI is InChI=1S/C22H23NO2/c1-4-25-21-11-12-22(16(2)13-21)23-14-20(8-5-17(23)3)19-9-6-18(15-24)7-10-19/h5-14,24H,3-4,15H2,1-2H3. The van der Waals surface area contributed by atoms with Gasteiger partial charge in [0.15, 0.2) is 0 Å². The van der Waals surface area contributed by atoms with E-state index in [0.717, 1.165) is 39.4 Å². The molecule has 0 atom stereocenters. The third-order valence-electron chi connectivity index (χ3n) is 4.24. The SMILES string of the molecule is C=C1C=CC(c2ccc(CO)cc2)=CN1c1ccc(OCC)cc1C. The van der Waals surface area contributed by atoms with E-state index in [4.69, 9.17) is 4.74 Å². The van der Waals surface area contributed by atoms with Gasteiger partial charge in [0.05, 0.1) is 13.2 Å². The molecule has 0 fully saturated rings. The van der Waals surface area contributed by atoms with Gasteiger partial charge in [-0.05, 0) is 60.4 Å². The second-order valence-corrected chi connectivity index (χ2v) is 6.02. The zero-order valence-corrected chi connectivity index (χ0v) is 14.7. The number of benzene rings is 2. The fraction of sp³-hybridized carbons (Fsp3) is 0.182. The molecule has 2 aromatic carbocycles. The lowest BCUT2D eigenvalue weighted by molar-refractivity contribution is 0.282. The smallest absolute Gasteiger partial charge is 0.119 e. The molecule has 128 valence electrons. The van der Waals surface area contributed by atoms with Crippen molar-refractivity contribution in [2.75, 3.05) is 11.5 Å². The van der Waals surface area contributed by atoms with Crippen molar-refractivity contribution < 1.29 is 9.84 Å². The monoisotopic (exact) mass is 333 g/mol. The predicted octanol–water partition coefficient (Wildman–Crippen LogP) is 4.82. The minimum atomic E-state index is 0.0590. The average molecular weight is 333 g/mol. The number of aliphatic hydroxyl groups excluding tert-OH is 1. The van der Waals surface area contributed by atoms with E-state index in [2.05, 4.69) is 36.7 Å². The molecular formula is C22H23NO2. The third kappa shape index (κ3) is 3.67. The Morgan fingerprint density at radius 2 is 1.84 bits per heavy atom. The highest BCUT2D eigenvalue weighted by Crippen LogP contribution is 2.32. The summed E-state index contributed by atoms with van der Waals surface area (Å²) in [5.74, 6) is 0.880. The lowest BCUT2D eigenvalue weighted by atomic mass is 10.0. The molecule has 0 radical (unpaired) electrons. The highest BCUT2D eigenvalue weighted by Gasteiger charge is 2.15. The first-order valence-corrected chi connectivity index (χ1v) is 8.44. The first-order valence-electron chi connectivity index (χ1n) is 8.44. The molecule has 3 heteroatoms. The molecule has 3 rings (SSSR count). The van der Waals surface area contributed by atoms with E-state index in [0.29, 0.717) is 6.61 Å². The van der Waals surface area contributed by atoms with Crippen molar-refractivity contribution in [3.63, 3.8) is 0 Å². The van der Waals surface area contributed by atoms with Gasteiger partial charge in [0, 0.05) is 17.6 Å². The van der Waals surface area contributed by atoms with Crippen molar-refractivity contribution in [1.29, 1.82) is 0 Å². The number of hydrogen-bond acceptors (Lipinski definition) is 3. The van der Waals surface area contributed by atoms with Gasteiger partial charge < -0.3 is 14.7 Å². The quantitative estimate of drug-likeness (QED) is 0.852. The van der Waals surface area contributed by atoms with Crippen LogP contribution in [0.3, 0.4) is 0 Å². The number of rotatable bonds is 5. The van der Waals surface area contributed by atoms with Crippen LogP contribution in [0, 0.1) is 6.92 Å². The van der Waals surface area contributed by atoms with Gasteiger partial charge in [-0.1, -0.05) is 36.9 Å². The molecule has 0 amide bonds. The minimum Gasteiger partial charge on any atom is -0.494 e.